The number of nitrogens with two attached hydrogens (primary N) is 1. The van der Waals surface area contributed by atoms with Crippen LogP contribution in [0.1, 0.15) is 24.3 Å². The van der Waals surface area contributed by atoms with Gasteiger partial charge in [-0.15, -0.1) is 0 Å². The first-order valence-electron chi connectivity index (χ1n) is 6.70. The summed E-state index contributed by atoms with van der Waals surface area (Å²) in [6.45, 7) is 8.11. The Balaban J connectivity index is 1.95. The van der Waals surface area contributed by atoms with E-state index in [4.69, 9.17) is 5.73 Å². The van der Waals surface area contributed by atoms with Gasteiger partial charge in [0.1, 0.15) is 5.69 Å². The first-order valence-corrected chi connectivity index (χ1v) is 6.70. The smallest absolute Gasteiger partial charge is 0.272 e. The fourth-order valence-electron chi connectivity index (χ4n) is 2.30. The molecule has 5 nitrogen and oxygen atoms in total. The minimum absolute atomic E-state index is 0.000133. The predicted octanol–water partition coefficient (Wildman–Crippen LogP) is 0.577. The van der Waals surface area contributed by atoms with Crippen LogP contribution in [-0.4, -0.2) is 59.0 Å². The fourth-order valence-corrected chi connectivity index (χ4v) is 2.30. The molecule has 1 aromatic rings. The van der Waals surface area contributed by atoms with Crippen molar-refractivity contribution in [2.75, 3.05) is 32.7 Å². The van der Waals surface area contributed by atoms with Crippen molar-refractivity contribution in [1.82, 2.24) is 14.8 Å². The number of nitrogens with zero attached hydrogens (tertiary/aromatic N) is 3. The van der Waals surface area contributed by atoms with E-state index >= 15 is 0 Å². The third-order valence-electron chi connectivity index (χ3n) is 3.81. The van der Waals surface area contributed by atoms with E-state index in [2.05, 4.69) is 23.7 Å². The second kappa shape index (κ2) is 5.67. The molecule has 104 valence electrons. The Morgan fingerprint density at radius 1 is 1.32 bits per heavy atom. The lowest BCUT2D eigenvalue weighted by Crippen LogP contribution is -2.58. The SMILES string of the molecule is CC(C)(CN)N1CCN(C(=O)c2ccccn2)CC1. The molecule has 2 N–H and O–H groups in total. The van der Waals surface area contributed by atoms with Gasteiger partial charge in [0, 0.05) is 44.5 Å². The summed E-state index contributed by atoms with van der Waals surface area (Å²) in [4.78, 5) is 20.6. The van der Waals surface area contributed by atoms with E-state index in [-0.39, 0.29) is 11.4 Å². The molecule has 19 heavy (non-hydrogen) atoms. The Hall–Kier alpha value is -1.46. The van der Waals surface area contributed by atoms with Crippen molar-refractivity contribution in [3.8, 4) is 0 Å². The van der Waals surface area contributed by atoms with Gasteiger partial charge in [0.15, 0.2) is 0 Å². The molecular formula is C14H22N4O. The van der Waals surface area contributed by atoms with Crippen molar-refractivity contribution < 1.29 is 4.79 Å². The number of amides is 1. The number of rotatable bonds is 3. The zero-order valence-electron chi connectivity index (χ0n) is 11.7. The van der Waals surface area contributed by atoms with E-state index in [1.165, 1.54) is 0 Å². The summed E-state index contributed by atoms with van der Waals surface area (Å²) in [5.74, 6) is 0.0193. The lowest BCUT2D eigenvalue weighted by atomic mass is 10.0. The molecule has 2 rings (SSSR count). The van der Waals surface area contributed by atoms with Crippen LogP contribution in [0.15, 0.2) is 24.4 Å². The Morgan fingerprint density at radius 2 is 2.00 bits per heavy atom. The minimum atomic E-state index is 0.000133. The summed E-state index contributed by atoms with van der Waals surface area (Å²) in [5.41, 5.74) is 6.31. The molecule has 0 radical (unpaired) electrons. The standard InChI is InChI=1S/C14H22N4O/c1-14(2,11-15)18-9-7-17(8-10-18)13(19)12-5-3-4-6-16-12/h3-6H,7-11,15H2,1-2H3. The van der Waals surface area contributed by atoms with Gasteiger partial charge in [-0.2, -0.15) is 0 Å². The van der Waals surface area contributed by atoms with Crippen molar-refractivity contribution in [3.05, 3.63) is 30.1 Å². The normalized spacial score (nSPS) is 17.5. The van der Waals surface area contributed by atoms with Crippen molar-refractivity contribution in [2.24, 2.45) is 5.73 Å². The van der Waals surface area contributed by atoms with Crippen molar-refractivity contribution in [3.63, 3.8) is 0 Å². The van der Waals surface area contributed by atoms with Gasteiger partial charge in [-0.05, 0) is 26.0 Å². The van der Waals surface area contributed by atoms with Crippen LogP contribution in [-0.2, 0) is 0 Å². The van der Waals surface area contributed by atoms with Crippen LogP contribution in [0.5, 0.6) is 0 Å². The number of hydrogen-bond donors (Lipinski definition) is 1. The molecule has 1 aromatic heterocycles. The molecule has 1 amide bonds. The average molecular weight is 262 g/mol. The molecule has 1 fully saturated rings. The maximum atomic E-state index is 12.2. The van der Waals surface area contributed by atoms with Gasteiger partial charge in [0.2, 0.25) is 0 Å². The summed E-state index contributed by atoms with van der Waals surface area (Å²) in [6, 6.07) is 5.42. The highest BCUT2D eigenvalue weighted by atomic mass is 16.2. The molecule has 0 bridgehead atoms. The van der Waals surface area contributed by atoms with Gasteiger partial charge < -0.3 is 10.6 Å². The second-order valence-corrected chi connectivity index (χ2v) is 5.51. The zero-order chi connectivity index (χ0) is 13.9. The van der Waals surface area contributed by atoms with Gasteiger partial charge in [-0.3, -0.25) is 14.7 Å². The van der Waals surface area contributed by atoms with Gasteiger partial charge in [-0.25, -0.2) is 0 Å². The number of aromatic nitrogens is 1. The molecule has 0 aliphatic carbocycles. The Bertz CT molecular complexity index is 424. The van der Waals surface area contributed by atoms with Crippen LogP contribution < -0.4 is 5.73 Å². The molecule has 0 spiro atoms. The van der Waals surface area contributed by atoms with Crippen LogP contribution in [0.4, 0.5) is 0 Å². The molecule has 5 heteroatoms. The first kappa shape index (κ1) is 14.0. The van der Waals surface area contributed by atoms with Crippen molar-refractivity contribution >= 4 is 5.91 Å². The van der Waals surface area contributed by atoms with Crippen LogP contribution >= 0.6 is 0 Å². The highest BCUT2D eigenvalue weighted by Gasteiger charge is 2.30. The average Bonchev–Trinajstić information content (AvgIpc) is 2.47. The Labute approximate surface area is 114 Å². The predicted molar refractivity (Wildman–Crippen MR) is 74.8 cm³/mol. The fraction of sp³-hybridized carbons (Fsp3) is 0.571. The molecule has 1 aliphatic heterocycles. The number of piperazine rings is 1. The molecule has 0 saturated carbocycles. The number of carbonyl (C=O) groups is 1. The van der Waals surface area contributed by atoms with Gasteiger partial charge in [0.05, 0.1) is 0 Å². The van der Waals surface area contributed by atoms with Crippen LogP contribution in [0.25, 0.3) is 0 Å². The molecule has 2 heterocycles. The number of carbonyl (C=O) groups excluding carboxylic acids is 1. The number of hydrogen-bond acceptors (Lipinski definition) is 4. The van der Waals surface area contributed by atoms with E-state index in [1.54, 1.807) is 12.3 Å². The van der Waals surface area contributed by atoms with E-state index in [0.29, 0.717) is 12.2 Å². The minimum Gasteiger partial charge on any atom is -0.335 e. The molecule has 0 atom stereocenters. The molecule has 1 aliphatic rings. The maximum absolute atomic E-state index is 12.2. The highest BCUT2D eigenvalue weighted by molar-refractivity contribution is 5.92. The maximum Gasteiger partial charge on any atom is 0.272 e. The van der Waals surface area contributed by atoms with Gasteiger partial charge in [0.25, 0.3) is 5.91 Å². The monoisotopic (exact) mass is 262 g/mol. The lowest BCUT2D eigenvalue weighted by Gasteiger charge is -2.43. The summed E-state index contributed by atoms with van der Waals surface area (Å²) >= 11 is 0. The summed E-state index contributed by atoms with van der Waals surface area (Å²) in [6.07, 6.45) is 1.65. The summed E-state index contributed by atoms with van der Waals surface area (Å²) in [5, 5.41) is 0. The highest BCUT2D eigenvalue weighted by Crippen LogP contribution is 2.16. The van der Waals surface area contributed by atoms with E-state index in [9.17, 15) is 4.79 Å². The quantitative estimate of drug-likeness (QED) is 0.865. The summed E-state index contributed by atoms with van der Waals surface area (Å²) in [7, 11) is 0. The van der Waals surface area contributed by atoms with Crippen LogP contribution in [0, 0.1) is 0 Å². The Kier molecular flexibility index (Phi) is 4.17. The molecule has 0 unspecified atom stereocenters. The molecule has 0 aromatic carbocycles. The largest absolute Gasteiger partial charge is 0.335 e. The Morgan fingerprint density at radius 3 is 2.53 bits per heavy atom. The van der Waals surface area contributed by atoms with Crippen LogP contribution in [0.3, 0.4) is 0 Å². The van der Waals surface area contributed by atoms with E-state index in [1.807, 2.05) is 17.0 Å². The summed E-state index contributed by atoms with van der Waals surface area (Å²) < 4.78 is 0. The number of pyridine rings is 1. The van der Waals surface area contributed by atoms with Gasteiger partial charge >= 0.3 is 0 Å². The van der Waals surface area contributed by atoms with E-state index in [0.717, 1.165) is 26.2 Å². The van der Waals surface area contributed by atoms with Gasteiger partial charge in [-0.1, -0.05) is 6.07 Å². The van der Waals surface area contributed by atoms with Crippen molar-refractivity contribution in [1.29, 1.82) is 0 Å². The topological polar surface area (TPSA) is 62.5 Å². The second-order valence-electron chi connectivity index (χ2n) is 5.51. The zero-order valence-corrected chi connectivity index (χ0v) is 11.7. The first-order chi connectivity index (χ1) is 9.04. The molecule has 1 saturated heterocycles. The van der Waals surface area contributed by atoms with Crippen molar-refractivity contribution in [2.45, 2.75) is 19.4 Å². The molecular weight excluding hydrogens is 240 g/mol. The lowest BCUT2D eigenvalue weighted by molar-refractivity contribution is 0.0422. The third kappa shape index (κ3) is 3.11. The third-order valence-corrected chi connectivity index (χ3v) is 3.81. The van der Waals surface area contributed by atoms with Crippen LogP contribution in [0.2, 0.25) is 0 Å². The van der Waals surface area contributed by atoms with E-state index < -0.39 is 0 Å².